The molecule has 22 heavy (non-hydrogen) atoms. The molecule has 1 heterocycles. The maximum atomic E-state index is 11.7. The normalized spacial score (nSPS) is 12.1. The summed E-state index contributed by atoms with van der Waals surface area (Å²) < 4.78 is 2.88. The van der Waals surface area contributed by atoms with Crippen LogP contribution in [-0.4, -0.2) is 21.7 Å². The molecule has 0 radical (unpaired) electrons. The average molecular weight is 365 g/mol. The molecule has 0 saturated carbocycles. The lowest BCUT2D eigenvalue weighted by Crippen LogP contribution is -2.19. The van der Waals surface area contributed by atoms with E-state index in [1.165, 1.54) is 5.56 Å². The van der Waals surface area contributed by atoms with Crippen LogP contribution in [0.25, 0.3) is 0 Å². The Balaban J connectivity index is 1.81. The number of nitrogens with zero attached hydrogens (tertiary/aromatic N) is 2. The van der Waals surface area contributed by atoms with E-state index in [1.807, 2.05) is 42.1 Å². The third-order valence-corrected chi connectivity index (χ3v) is 3.71. The molecule has 1 amide bonds. The van der Waals surface area contributed by atoms with Crippen LogP contribution in [-0.2, 0) is 17.8 Å². The topological polar surface area (TPSA) is 72.9 Å². The van der Waals surface area contributed by atoms with Crippen molar-refractivity contribution in [2.75, 3.05) is 5.32 Å². The third kappa shape index (κ3) is 5.61. The van der Waals surface area contributed by atoms with Gasteiger partial charge in [-0.2, -0.15) is 5.10 Å². The fourth-order valence-electron chi connectivity index (χ4n) is 2.04. The van der Waals surface area contributed by atoms with E-state index in [4.69, 9.17) is 5.73 Å². The lowest BCUT2D eigenvalue weighted by molar-refractivity contribution is -0.116. The van der Waals surface area contributed by atoms with E-state index in [-0.39, 0.29) is 11.9 Å². The van der Waals surface area contributed by atoms with Gasteiger partial charge in [0, 0.05) is 30.9 Å². The molecule has 0 aliphatic rings. The van der Waals surface area contributed by atoms with Crippen molar-refractivity contribution in [2.45, 2.75) is 38.8 Å². The minimum atomic E-state index is 0.00596. The Hall–Kier alpha value is -1.66. The minimum absolute atomic E-state index is 0.00596. The highest BCUT2D eigenvalue weighted by molar-refractivity contribution is 9.10. The number of nitrogens with two attached hydrogens (primary N) is 1. The second-order valence-electron chi connectivity index (χ2n) is 5.43. The number of aryl methyl sites for hydroxylation is 2. The summed E-state index contributed by atoms with van der Waals surface area (Å²) in [5.41, 5.74) is 7.67. The first-order valence-electron chi connectivity index (χ1n) is 7.35. The number of amides is 1. The zero-order chi connectivity index (χ0) is 15.9. The number of halogens is 1. The Labute approximate surface area is 139 Å². The number of aromatic nitrogens is 2. The summed E-state index contributed by atoms with van der Waals surface area (Å²) in [7, 11) is 0. The number of benzene rings is 1. The molecule has 0 fully saturated rings. The summed E-state index contributed by atoms with van der Waals surface area (Å²) in [6, 6.07) is 7.96. The maximum Gasteiger partial charge on any atom is 0.224 e. The monoisotopic (exact) mass is 364 g/mol. The molecule has 2 rings (SSSR count). The van der Waals surface area contributed by atoms with Gasteiger partial charge in [-0.25, -0.2) is 0 Å². The van der Waals surface area contributed by atoms with E-state index >= 15 is 0 Å². The summed E-state index contributed by atoms with van der Waals surface area (Å²) in [6.45, 7) is 2.73. The summed E-state index contributed by atoms with van der Waals surface area (Å²) in [6.07, 6.45) is 5.78. The van der Waals surface area contributed by atoms with E-state index in [0.717, 1.165) is 23.1 Å². The van der Waals surface area contributed by atoms with Crippen LogP contribution in [0.3, 0.4) is 0 Å². The van der Waals surface area contributed by atoms with E-state index < -0.39 is 0 Å². The average Bonchev–Trinajstić information content (AvgIpc) is 2.90. The predicted octanol–water partition coefficient (Wildman–Crippen LogP) is 2.95. The molecule has 2 aromatic rings. The molecule has 1 atom stereocenters. The second-order valence-corrected chi connectivity index (χ2v) is 6.35. The molecule has 3 N–H and O–H groups in total. The summed E-state index contributed by atoms with van der Waals surface area (Å²) in [5, 5.41) is 7.11. The lowest BCUT2D eigenvalue weighted by Gasteiger charge is -2.08. The fourth-order valence-corrected chi connectivity index (χ4v) is 2.37. The van der Waals surface area contributed by atoms with Crippen molar-refractivity contribution < 1.29 is 4.79 Å². The molecular weight excluding hydrogens is 344 g/mol. The van der Waals surface area contributed by atoms with Crippen molar-refractivity contribution in [1.82, 2.24) is 9.78 Å². The molecule has 0 spiro atoms. The maximum absolute atomic E-state index is 11.7. The van der Waals surface area contributed by atoms with Crippen LogP contribution in [0, 0.1) is 0 Å². The van der Waals surface area contributed by atoms with Crippen molar-refractivity contribution >= 4 is 27.5 Å². The molecule has 0 aliphatic heterocycles. The number of carbonyl (C=O) groups excluding carboxylic acids is 1. The van der Waals surface area contributed by atoms with Crippen molar-refractivity contribution in [3.8, 4) is 0 Å². The van der Waals surface area contributed by atoms with E-state index in [0.29, 0.717) is 12.8 Å². The van der Waals surface area contributed by atoms with Crippen LogP contribution < -0.4 is 11.1 Å². The Morgan fingerprint density at radius 2 is 2.14 bits per heavy atom. The number of hydrogen-bond acceptors (Lipinski definition) is 3. The molecule has 118 valence electrons. The van der Waals surface area contributed by atoms with Gasteiger partial charge in [0.05, 0.1) is 10.7 Å². The highest BCUT2D eigenvalue weighted by Gasteiger charge is 2.04. The van der Waals surface area contributed by atoms with Crippen LogP contribution in [0.1, 0.15) is 25.3 Å². The Kier molecular flexibility index (Phi) is 6.15. The largest absolute Gasteiger partial charge is 0.328 e. The zero-order valence-electron chi connectivity index (χ0n) is 12.6. The molecule has 1 unspecified atom stereocenters. The molecule has 0 bridgehead atoms. The van der Waals surface area contributed by atoms with Gasteiger partial charge < -0.3 is 11.1 Å². The number of nitrogens with one attached hydrogen (secondary N) is 1. The van der Waals surface area contributed by atoms with Crippen molar-refractivity contribution in [3.05, 3.63) is 46.7 Å². The smallest absolute Gasteiger partial charge is 0.224 e. The van der Waals surface area contributed by atoms with Gasteiger partial charge in [-0.1, -0.05) is 12.1 Å². The lowest BCUT2D eigenvalue weighted by atomic mass is 10.1. The molecular formula is C16H21BrN4O. The number of carbonyl (C=O) groups is 1. The van der Waals surface area contributed by atoms with Crippen molar-refractivity contribution in [2.24, 2.45) is 5.73 Å². The molecule has 6 heteroatoms. The summed E-state index contributed by atoms with van der Waals surface area (Å²) in [4.78, 5) is 11.7. The van der Waals surface area contributed by atoms with Crippen LogP contribution >= 0.6 is 15.9 Å². The quantitative estimate of drug-likeness (QED) is 0.792. The van der Waals surface area contributed by atoms with E-state index in [9.17, 15) is 4.79 Å². The highest BCUT2D eigenvalue weighted by atomic mass is 79.9. The van der Waals surface area contributed by atoms with Crippen molar-refractivity contribution in [3.63, 3.8) is 0 Å². The molecule has 0 aliphatic carbocycles. The number of rotatable bonds is 7. The first-order valence-corrected chi connectivity index (χ1v) is 8.14. The highest BCUT2D eigenvalue weighted by Crippen LogP contribution is 2.12. The van der Waals surface area contributed by atoms with Gasteiger partial charge in [0.25, 0.3) is 0 Å². The second kappa shape index (κ2) is 8.10. The van der Waals surface area contributed by atoms with E-state index in [2.05, 4.69) is 26.3 Å². The molecule has 1 aromatic heterocycles. The van der Waals surface area contributed by atoms with Gasteiger partial charge in [0.15, 0.2) is 0 Å². The molecule has 0 saturated heterocycles. The Morgan fingerprint density at radius 1 is 1.41 bits per heavy atom. The van der Waals surface area contributed by atoms with Gasteiger partial charge in [-0.05, 0) is 53.4 Å². The third-order valence-electron chi connectivity index (χ3n) is 3.30. The Morgan fingerprint density at radius 3 is 2.73 bits per heavy atom. The summed E-state index contributed by atoms with van der Waals surface area (Å²) >= 11 is 3.38. The first-order chi connectivity index (χ1) is 10.5. The van der Waals surface area contributed by atoms with Crippen LogP contribution in [0.2, 0.25) is 0 Å². The molecule has 1 aromatic carbocycles. The Bertz CT molecular complexity index is 607. The summed E-state index contributed by atoms with van der Waals surface area (Å²) in [5.74, 6) is 0.00596. The van der Waals surface area contributed by atoms with Gasteiger partial charge in [-0.15, -0.1) is 0 Å². The standard InChI is InChI=1S/C16H21BrN4O/c1-12(18)2-7-16(22)20-15-5-3-13(4-6-15)8-9-21-11-14(17)10-19-21/h3-6,10-12H,2,7-9,18H2,1H3,(H,20,22). The first kappa shape index (κ1) is 16.7. The minimum Gasteiger partial charge on any atom is -0.328 e. The van der Waals surface area contributed by atoms with Gasteiger partial charge in [0.1, 0.15) is 0 Å². The fraction of sp³-hybridized carbons (Fsp3) is 0.375. The zero-order valence-corrected chi connectivity index (χ0v) is 14.2. The van der Waals surface area contributed by atoms with Gasteiger partial charge >= 0.3 is 0 Å². The van der Waals surface area contributed by atoms with Crippen LogP contribution in [0.15, 0.2) is 41.1 Å². The van der Waals surface area contributed by atoms with Gasteiger partial charge in [-0.3, -0.25) is 9.48 Å². The van der Waals surface area contributed by atoms with E-state index in [1.54, 1.807) is 6.20 Å². The van der Waals surface area contributed by atoms with Crippen LogP contribution in [0.4, 0.5) is 5.69 Å². The van der Waals surface area contributed by atoms with Crippen molar-refractivity contribution in [1.29, 1.82) is 0 Å². The predicted molar refractivity (Wildman–Crippen MR) is 91.6 cm³/mol. The number of hydrogen-bond donors (Lipinski definition) is 2. The SMILES string of the molecule is CC(N)CCC(=O)Nc1ccc(CCn2cc(Br)cn2)cc1. The molecule has 5 nitrogen and oxygen atoms in total. The van der Waals surface area contributed by atoms with Crippen LogP contribution in [0.5, 0.6) is 0 Å². The number of anilines is 1. The van der Waals surface area contributed by atoms with Gasteiger partial charge in [0.2, 0.25) is 5.91 Å².